The molecule has 7 nitrogen and oxygen atoms in total. The lowest BCUT2D eigenvalue weighted by Crippen LogP contribution is -2.15. The highest BCUT2D eigenvalue weighted by Crippen LogP contribution is 2.11. The summed E-state index contributed by atoms with van der Waals surface area (Å²) >= 11 is 0. The van der Waals surface area contributed by atoms with Gasteiger partial charge < -0.3 is 15.0 Å². The monoisotopic (exact) mass is 273 g/mol. The van der Waals surface area contributed by atoms with Crippen LogP contribution in [-0.4, -0.2) is 42.1 Å². The van der Waals surface area contributed by atoms with E-state index in [1.54, 1.807) is 29.4 Å². The van der Waals surface area contributed by atoms with Gasteiger partial charge in [0.25, 0.3) is 5.91 Å². The summed E-state index contributed by atoms with van der Waals surface area (Å²) in [7, 11) is 5.21. The Balaban J connectivity index is 2.06. The molecule has 0 aromatic carbocycles. The lowest BCUT2D eigenvalue weighted by molar-refractivity contribution is 0.102. The van der Waals surface area contributed by atoms with E-state index in [0.29, 0.717) is 23.1 Å². The van der Waals surface area contributed by atoms with E-state index in [4.69, 9.17) is 4.74 Å². The number of hydrogen-bond donors (Lipinski definition) is 1. The molecule has 2 rings (SSSR count). The minimum atomic E-state index is -0.277. The van der Waals surface area contributed by atoms with Crippen molar-refractivity contribution in [3.05, 3.63) is 36.3 Å². The van der Waals surface area contributed by atoms with E-state index >= 15 is 0 Å². The Bertz CT molecular complexity index is 581. The van der Waals surface area contributed by atoms with Crippen molar-refractivity contribution in [2.45, 2.75) is 0 Å². The third-order valence-electron chi connectivity index (χ3n) is 2.50. The summed E-state index contributed by atoms with van der Waals surface area (Å²) in [5.41, 5.74) is 0.957. The van der Waals surface area contributed by atoms with E-state index in [1.165, 1.54) is 13.3 Å². The van der Waals surface area contributed by atoms with Crippen molar-refractivity contribution in [3.8, 4) is 5.88 Å². The number of carbonyl (C=O) groups is 1. The number of nitrogens with zero attached hydrogens (tertiary/aromatic N) is 4. The first kappa shape index (κ1) is 13.7. The first-order valence-electron chi connectivity index (χ1n) is 5.91. The van der Waals surface area contributed by atoms with Crippen molar-refractivity contribution in [2.75, 3.05) is 31.4 Å². The number of pyridine rings is 1. The van der Waals surface area contributed by atoms with Gasteiger partial charge in [-0.1, -0.05) is 0 Å². The highest BCUT2D eigenvalue weighted by Gasteiger charge is 2.08. The van der Waals surface area contributed by atoms with Gasteiger partial charge in [0, 0.05) is 26.4 Å². The summed E-state index contributed by atoms with van der Waals surface area (Å²) in [6, 6.07) is 3.26. The fourth-order valence-electron chi connectivity index (χ4n) is 1.46. The number of ether oxygens (including phenoxy) is 1. The number of aromatic nitrogens is 3. The molecular weight excluding hydrogens is 258 g/mol. The molecule has 7 heteroatoms. The molecule has 1 amide bonds. The molecule has 0 atom stereocenters. The Morgan fingerprint density at radius 1 is 1.15 bits per heavy atom. The van der Waals surface area contributed by atoms with Crippen LogP contribution in [-0.2, 0) is 0 Å². The quantitative estimate of drug-likeness (QED) is 0.901. The molecular formula is C13H15N5O2. The van der Waals surface area contributed by atoms with Crippen LogP contribution in [0.4, 0.5) is 11.6 Å². The van der Waals surface area contributed by atoms with Crippen LogP contribution >= 0.6 is 0 Å². The molecule has 2 heterocycles. The van der Waals surface area contributed by atoms with Gasteiger partial charge in [0.05, 0.1) is 30.8 Å². The van der Waals surface area contributed by atoms with Crippen molar-refractivity contribution in [2.24, 2.45) is 0 Å². The average Bonchev–Trinajstić information content (AvgIpc) is 2.48. The van der Waals surface area contributed by atoms with Gasteiger partial charge in [0.1, 0.15) is 0 Å². The molecule has 104 valence electrons. The second-order valence-electron chi connectivity index (χ2n) is 4.21. The van der Waals surface area contributed by atoms with Crippen LogP contribution in [0.1, 0.15) is 10.4 Å². The van der Waals surface area contributed by atoms with E-state index in [1.807, 2.05) is 14.1 Å². The van der Waals surface area contributed by atoms with Crippen molar-refractivity contribution in [3.63, 3.8) is 0 Å². The van der Waals surface area contributed by atoms with Gasteiger partial charge in [-0.2, -0.15) is 0 Å². The molecule has 0 spiro atoms. The lowest BCUT2D eigenvalue weighted by Gasteiger charge is -2.10. The first-order chi connectivity index (χ1) is 9.60. The number of hydrogen-bond acceptors (Lipinski definition) is 6. The van der Waals surface area contributed by atoms with Gasteiger partial charge in [-0.3, -0.25) is 4.79 Å². The number of amides is 1. The molecule has 1 N–H and O–H groups in total. The van der Waals surface area contributed by atoms with E-state index in [9.17, 15) is 4.79 Å². The molecule has 0 bridgehead atoms. The molecule has 20 heavy (non-hydrogen) atoms. The van der Waals surface area contributed by atoms with Gasteiger partial charge in [0.15, 0.2) is 0 Å². The Hall–Kier alpha value is -2.70. The van der Waals surface area contributed by atoms with E-state index in [-0.39, 0.29) is 5.91 Å². The summed E-state index contributed by atoms with van der Waals surface area (Å²) in [6.45, 7) is 0. The highest BCUT2D eigenvalue weighted by molar-refractivity contribution is 6.03. The normalized spacial score (nSPS) is 9.95. The first-order valence-corrected chi connectivity index (χ1v) is 5.91. The van der Waals surface area contributed by atoms with Crippen LogP contribution in [0.2, 0.25) is 0 Å². The maximum absolute atomic E-state index is 12.0. The largest absolute Gasteiger partial charge is 0.481 e. The lowest BCUT2D eigenvalue weighted by atomic mass is 10.2. The van der Waals surface area contributed by atoms with Gasteiger partial charge in [-0.25, -0.2) is 15.0 Å². The number of carbonyl (C=O) groups excluding carboxylic acids is 1. The van der Waals surface area contributed by atoms with Crippen LogP contribution in [0.3, 0.4) is 0 Å². The Morgan fingerprint density at radius 3 is 2.35 bits per heavy atom. The molecule has 0 radical (unpaired) electrons. The van der Waals surface area contributed by atoms with Gasteiger partial charge in [0.2, 0.25) is 11.8 Å². The van der Waals surface area contributed by atoms with Crippen LogP contribution < -0.4 is 15.0 Å². The highest BCUT2D eigenvalue weighted by atomic mass is 16.5. The predicted octanol–water partition coefficient (Wildman–Crippen LogP) is 1.20. The van der Waals surface area contributed by atoms with Crippen molar-refractivity contribution in [1.29, 1.82) is 0 Å². The third kappa shape index (κ3) is 3.19. The second kappa shape index (κ2) is 5.96. The van der Waals surface area contributed by atoms with Gasteiger partial charge >= 0.3 is 0 Å². The smallest absolute Gasteiger partial charge is 0.257 e. The van der Waals surface area contributed by atoms with E-state index in [2.05, 4.69) is 20.3 Å². The van der Waals surface area contributed by atoms with Gasteiger partial charge in [-0.15, -0.1) is 0 Å². The van der Waals surface area contributed by atoms with Crippen LogP contribution in [0, 0.1) is 0 Å². The summed E-state index contributed by atoms with van der Waals surface area (Å²) in [5.74, 6) is 0.760. The standard InChI is InChI=1S/C13H15N5O2/c1-18(2)13-15-7-10(8-16-13)17-12(19)9-4-5-11(20-3)14-6-9/h4-8H,1-3H3,(H,17,19). The summed E-state index contributed by atoms with van der Waals surface area (Å²) in [5, 5.41) is 2.70. The second-order valence-corrected chi connectivity index (χ2v) is 4.21. The van der Waals surface area contributed by atoms with E-state index < -0.39 is 0 Å². The minimum absolute atomic E-state index is 0.277. The Labute approximate surface area is 116 Å². The predicted molar refractivity (Wildman–Crippen MR) is 75.1 cm³/mol. The van der Waals surface area contributed by atoms with Crippen LogP contribution in [0.15, 0.2) is 30.7 Å². The zero-order valence-corrected chi connectivity index (χ0v) is 11.5. The molecule has 2 aromatic heterocycles. The summed E-state index contributed by atoms with van der Waals surface area (Å²) < 4.78 is 4.94. The maximum atomic E-state index is 12.0. The number of methoxy groups -OCH3 is 1. The molecule has 0 saturated heterocycles. The molecule has 0 fully saturated rings. The van der Waals surface area contributed by atoms with Crippen molar-refractivity contribution in [1.82, 2.24) is 15.0 Å². The fourth-order valence-corrected chi connectivity index (χ4v) is 1.46. The van der Waals surface area contributed by atoms with Gasteiger partial charge in [-0.05, 0) is 6.07 Å². The van der Waals surface area contributed by atoms with E-state index in [0.717, 1.165) is 0 Å². The zero-order chi connectivity index (χ0) is 14.5. The number of nitrogens with one attached hydrogen (secondary N) is 1. The topological polar surface area (TPSA) is 80.2 Å². The van der Waals surface area contributed by atoms with Crippen molar-refractivity contribution >= 4 is 17.5 Å². The fraction of sp³-hybridized carbons (Fsp3) is 0.231. The number of anilines is 2. The number of rotatable bonds is 4. The minimum Gasteiger partial charge on any atom is -0.481 e. The molecule has 0 aliphatic heterocycles. The SMILES string of the molecule is COc1ccc(C(=O)Nc2cnc(N(C)C)nc2)cn1. The molecule has 0 aliphatic rings. The van der Waals surface area contributed by atoms with Crippen LogP contribution in [0.25, 0.3) is 0 Å². The molecule has 0 unspecified atom stereocenters. The van der Waals surface area contributed by atoms with Crippen molar-refractivity contribution < 1.29 is 9.53 Å². The maximum Gasteiger partial charge on any atom is 0.257 e. The third-order valence-corrected chi connectivity index (χ3v) is 2.50. The summed E-state index contributed by atoms with van der Waals surface area (Å²) in [6.07, 6.45) is 4.55. The molecule has 0 saturated carbocycles. The Morgan fingerprint density at radius 2 is 1.85 bits per heavy atom. The molecule has 2 aromatic rings. The molecule has 0 aliphatic carbocycles. The Kier molecular flexibility index (Phi) is 4.09. The van der Waals surface area contributed by atoms with Crippen LogP contribution in [0.5, 0.6) is 5.88 Å². The average molecular weight is 273 g/mol. The zero-order valence-electron chi connectivity index (χ0n) is 11.5. The summed E-state index contributed by atoms with van der Waals surface area (Å²) in [4.78, 5) is 26.0.